The van der Waals surface area contributed by atoms with Gasteiger partial charge in [-0.05, 0) is 37.8 Å². The molecule has 1 N–H and O–H groups in total. The first-order valence-electron chi connectivity index (χ1n) is 8.26. The van der Waals surface area contributed by atoms with Crippen molar-refractivity contribution in [2.24, 2.45) is 0 Å². The zero-order valence-corrected chi connectivity index (χ0v) is 13.6. The van der Waals surface area contributed by atoms with E-state index in [1.54, 1.807) is 0 Å². The number of hydrogen-bond donors (Lipinski definition) is 1. The Balaban J connectivity index is 1.83. The van der Waals surface area contributed by atoms with Gasteiger partial charge >= 0.3 is 0 Å². The van der Waals surface area contributed by atoms with Crippen LogP contribution in [0.2, 0.25) is 0 Å². The molecule has 0 bridgehead atoms. The van der Waals surface area contributed by atoms with Crippen LogP contribution in [-0.4, -0.2) is 35.8 Å². The van der Waals surface area contributed by atoms with Crippen LogP contribution in [0.3, 0.4) is 0 Å². The monoisotopic (exact) mass is 302 g/mol. The van der Waals surface area contributed by atoms with E-state index in [-0.39, 0.29) is 17.9 Å². The molecule has 0 radical (unpaired) electrons. The molecule has 120 valence electrons. The number of nitrogens with one attached hydrogen (secondary N) is 1. The number of likely N-dealkylation sites (tertiary alicyclic amines) is 1. The van der Waals surface area contributed by atoms with Crippen molar-refractivity contribution in [3.63, 3.8) is 0 Å². The molecule has 0 aliphatic carbocycles. The van der Waals surface area contributed by atoms with Crippen LogP contribution >= 0.6 is 0 Å². The quantitative estimate of drug-likeness (QED) is 0.909. The molecule has 0 saturated carbocycles. The maximum Gasteiger partial charge on any atom is 0.254 e. The molecule has 1 aliphatic rings. The predicted molar refractivity (Wildman–Crippen MR) is 87.8 cm³/mol. The molecule has 4 nitrogen and oxygen atoms in total. The maximum atomic E-state index is 12.5. The van der Waals surface area contributed by atoms with Gasteiger partial charge < -0.3 is 10.2 Å². The summed E-state index contributed by atoms with van der Waals surface area (Å²) < 4.78 is 0. The van der Waals surface area contributed by atoms with Gasteiger partial charge in [0.2, 0.25) is 5.91 Å². The molecule has 1 saturated heterocycles. The van der Waals surface area contributed by atoms with Gasteiger partial charge in [-0.25, -0.2) is 0 Å². The van der Waals surface area contributed by atoms with Crippen molar-refractivity contribution in [3.05, 3.63) is 35.4 Å². The standard InChI is InChI=1S/C18H26N2O2/c1-3-4-9-17(21)19-15-10-12-20(13-11-15)18(22)16-8-6-5-7-14(16)2/h5-8,15H,3-4,9-13H2,1-2H3,(H,19,21). The van der Waals surface area contributed by atoms with Gasteiger partial charge in [-0.1, -0.05) is 31.5 Å². The Labute approximate surface area is 132 Å². The minimum Gasteiger partial charge on any atom is -0.353 e. The van der Waals surface area contributed by atoms with Crippen LogP contribution in [0, 0.1) is 6.92 Å². The van der Waals surface area contributed by atoms with Gasteiger partial charge in [0, 0.05) is 31.1 Å². The third-order valence-corrected chi connectivity index (χ3v) is 4.28. The largest absolute Gasteiger partial charge is 0.353 e. The minimum absolute atomic E-state index is 0.105. The highest BCUT2D eigenvalue weighted by Gasteiger charge is 2.24. The predicted octanol–water partition coefficient (Wildman–Crippen LogP) is 2.91. The lowest BCUT2D eigenvalue weighted by molar-refractivity contribution is -0.122. The van der Waals surface area contributed by atoms with E-state index in [2.05, 4.69) is 12.2 Å². The number of carbonyl (C=O) groups excluding carboxylic acids is 2. The van der Waals surface area contributed by atoms with E-state index < -0.39 is 0 Å². The first-order chi connectivity index (χ1) is 10.6. The van der Waals surface area contributed by atoms with E-state index >= 15 is 0 Å². The van der Waals surface area contributed by atoms with E-state index in [1.807, 2.05) is 36.1 Å². The Bertz CT molecular complexity index is 520. The van der Waals surface area contributed by atoms with Crippen LogP contribution < -0.4 is 5.32 Å². The first-order valence-corrected chi connectivity index (χ1v) is 8.26. The number of rotatable bonds is 5. The number of hydrogen-bond acceptors (Lipinski definition) is 2. The molecule has 1 fully saturated rings. The Morgan fingerprint density at radius 2 is 1.91 bits per heavy atom. The second-order valence-electron chi connectivity index (χ2n) is 6.05. The third-order valence-electron chi connectivity index (χ3n) is 4.28. The summed E-state index contributed by atoms with van der Waals surface area (Å²) in [5.41, 5.74) is 1.80. The summed E-state index contributed by atoms with van der Waals surface area (Å²) in [5, 5.41) is 3.09. The van der Waals surface area contributed by atoms with Crippen molar-refractivity contribution in [3.8, 4) is 0 Å². The highest BCUT2D eigenvalue weighted by atomic mass is 16.2. The van der Waals surface area contributed by atoms with E-state index in [0.29, 0.717) is 19.5 Å². The molecule has 2 rings (SSSR count). The lowest BCUT2D eigenvalue weighted by atomic mass is 10.0. The Morgan fingerprint density at radius 3 is 2.55 bits per heavy atom. The Kier molecular flexibility index (Phi) is 5.99. The molecule has 22 heavy (non-hydrogen) atoms. The van der Waals surface area contributed by atoms with Crippen molar-refractivity contribution < 1.29 is 9.59 Å². The lowest BCUT2D eigenvalue weighted by Crippen LogP contribution is -2.46. The summed E-state index contributed by atoms with van der Waals surface area (Å²) in [6.45, 7) is 5.48. The van der Waals surface area contributed by atoms with Gasteiger partial charge in [-0.3, -0.25) is 9.59 Å². The fourth-order valence-electron chi connectivity index (χ4n) is 2.85. The van der Waals surface area contributed by atoms with Crippen molar-refractivity contribution in [1.29, 1.82) is 0 Å². The number of benzene rings is 1. The summed E-state index contributed by atoms with van der Waals surface area (Å²) >= 11 is 0. The van der Waals surface area contributed by atoms with Crippen molar-refractivity contribution >= 4 is 11.8 Å². The van der Waals surface area contributed by atoms with Gasteiger partial charge in [0.1, 0.15) is 0 Å². The average molecular weight is 302 g/mol. The summed E-state index contributed by atoms with van der Waals surface area (Å²) in [5.74, 6) is 0.249. The number of nitrogens with zero attached hydrogens (tertiary/aromatic N) is 1. The maximum absolute atomic E-state index is 12.5. The van der Waals surface area contributed by atoms with E-state index in [1.165, 1.54) is 0 Å². The fourth-order valence-corrected chi connectivity index (χ4v) is 2.85. The topological polar surface area (TPSA) is 49.4 Å². The molecule has 1 aliphatic heterocycles. The minimum atomic E-state index is 0.105. The Hall–Kier alpha value is -1.84. The van der Waals surface area contributed by atoms with Crippen LogP contribution in [0.4, 0.5) is 0 Å². The number of amides is 2. The molecular formula is C18H26N2O2. The summed E-state index contributed by atoms with van der Waals surface area (Å²) in [6.07, 6.45) is 4.27. The normalized spacial score (nSPS) is 15.6. The van der Waals surface area contributed by atoms with Crippen LogP contribution in [0.1, 0.15) is 54.9 Å². The average Bonchev–Trinajstić information content (AvgIpc) is 2.53. The smallest absolute Gasteiger partial charge is 0.254 e. The molecule has 0 atom stereocenters. The van der Waals surface area contributed by atoms with E-state index in [4.69, 9.17) is 0 Å². The van der Waals surface area contributed by atoms with Gasteiger partial charge in [0.15, 0.2) is 0 Å². The highest BCUT2D eigenvalue weighted by molar-refractivity contribution is 5.95. The second-order valence-corrected chi connectivity index (χ2v) is 6.05. The molecule has 2 amide bonds. The van der Waals surface area contributed by atoms with Gasteiger partial charge in [0.05, 0.1) is 0 Å². The van der Waals surface area contributed by atoms with Gasteiger partial charge in [0.25, 0.3) is 5.91 Å². The number of piperidine rings is 1. The number of carbonyl (C=O) groups is 2. The van der Waals surface area contributed by atoms with E-state index in [9.17, 15) is 9.59 Å². The van der Waals surface area contributed by atoms with Crippen LogP contribution in [0.15, 0.2) is 24.3 Å². The molecule has 1 aromatic carbocycles. The summed E-state index contributed by atoms with van der Waals surface area (Å²) in [4.78, 5) is 26.2. The molecule has 4 heteroatoms. The van der Waals surface area contributed by atoms with E-state index in [0.717, 1.165) is 36.8 Å². The SMILES string of the molecule is CCCCC(=O)NC1CCN(C(=O)c2ccccc2C)CC1. The highest BCUT2D eigenvalue weighted by Crippen LogP contribution is 2.16. The number of unbranched alkanes of at least 4 members (excludes halogenated alkanes) is 1. The zero-order valence-electron chi connectivity index (χ0n) is 13.6. The molecule has 0 spiro atoms. The van der Waals surface area contributed by atoms with Crippen molar-refractivity contribution in [1.82, 2.24) is 10.2 Å². The summed E-state index contributed by atoms with van der Waals surface area (Å²) in [7, 11) is 0. The summed E-state index contributed by atoms with van der Waals surface area (Å²) in [6, 6.07) is 7.92. The molecule has 0 unspecified atom stereocenters. The van der Waals surface area contributed by atoms with Crippen LogP contribution in [0.25, 0.3) is 0 Å². The van der Waals surface area contributed by atoms with Crippen molar-refractivity contribution in [2.75, 3.05) is 13.1 Å². The molecule has 1 aromatic rings. The first kappa shape index (κ1) is 16.5. The van der Waals surface area contributed by atoms with Crippen LogP contribution in [0.5, 0.6) is 0 Å². The van der Waals surface area contributed by atoms with Crippen LogP contribution in [-0.2, 0) is 4.79 Å². The molecule has 0 aromatic heterocycles. The van der Waals surface area contributed by atoms with Gasteiger partial charge in [-0.15, -0.1) is 0 Å². The third kappa shape index (κ3) is 4.33. The fraction of sp³-hybridized carbons (Fsp3) is 0.556. The van der Waals surface area contributed by atoms with Crippen molar-refractivity contribution in [2.45, 2.75) is 52.0 Å². The lowest BCUT2D eigenvalue weighted by Gasteiger charge is -2.32. The number of aryl methyl sites for hydroxylation is 1. The molecular weight excluding hydrogens is 276 g/mol. The molecule has 1 heterocycles. The Morgan fingerprint density at radius 1 is 1.23 bits per heavy atom. The zero-order chi connectivity index (χ0) is 15.9. The van der Waals surface area contributed by atoms with Gasteiger partial charge in [-0.2, -0.15) is 0 Å². The second kappa shape index (κ2) is 7.97.